The average Bonchev–Trinajstić information content (AvgIpc) is 2.42. The maximum Gasteiger partial charge on any atom is 0.146 e. The number of hydrogen-bond donors (Lipinski definition) is 2. The summed E-state index contributed by atoms with van der Waals surface area (Å²) in [5.41, 5.74) is 1.67. The Balaban J connectivity index is 2.05. The Kier molecular flexibility index (Phi) is 6.46. The molecule has 1 aromatic rings. The summed E-state index contributed by atoms with van der Waals surface area (Å²) in [6.07, 6.45) is 5.25. The molecule has 118 valence electrons. The van der Waals surface area contributed by atoms with Gasteiger partial charge in [-0.3, -0.25) is 0 Å². The van der Waals surface area contributed by atoms with Gasteiger partial charge in [0.25, 0.3) is 0 Å². The van der Waals surface area contributed by atoms with Crippen LogP contribution in [0.2, 0.25) is 0 Å². The number of rotatable bonds is 9. The van der Waals surface area contributed by atoms with Crippen LogP contribution >= 0.6 is 0 Å². The van der Waals surface area contributed by atoms with Crippen molar-refractivity contribution >= 4 is 5.69 Å². The van der Waals surface area contributed by atoms with Gasteiger partial charge in [-0.05, 0) is 56.3 Å². The molecular weight excluding hydrogens is 267 g/mol. The lowest BCUT2D eigenvalue weighted by Crippen LogP contribution is -2.41. The minimum absolute atomic E-state index is 0.143. The van der Waals surface area contributed by atoms with Gasteiger partial charge in [0.15, 0.2) is 0 Å². The van der Waals surface area contributed by atoms with Crippen molar-refractivity contribution in [2.75, 3.05) is 24.6 Å². The number of benzene rings is 1. The van der Waals surface area contributed by atoms with Crippen LogP contribution in [0.25, 0.3) is 0 Å². The molecule has 3 nitrogen and oxygen atoms in total. The highest BCUT2D eigenvalue weighted by molar-refractivity contribution is 5.50. The zero-order valence-electron chi connectivity index (χ0n) is 12.9. The summed E-state index contributed by atoms with van der Waals surface area (Å²) in [5, 5.41) is 12.3. The van der Waals surface area contributed by atoms with Gasteiger partial charge in [0.2, 0.25) is 0 Å². The van der Waals surface area contributed by atoms with Gasteiger partial charge in [-0.2, -0.15) is 0 Å². The summed E-state index contributed by atoms with van der Waals surface area (Å²) in [6, 6.07) is 5.98. The molecule has 0 aromatic heterocycles. The maximum absolute atomic E-state index is 14.4. The quantitative estimate of drug-likeness (QED) is 0.687. The molecule has 2 N–H and O–H groups in total. The second kappa shape index (κ2) is 8.35. The van der Waals surface area contributed by atoms with Gasteiger partial charge in [0.1, 0.15) is 5.82 Å². The van der Waals surface area contributed by atoms with E-state index in [1.165, 1.54) is 6.42 Å². The van der Waals surface area contributed by atoms with E-state index in [1.807, 2.05) is 12.1 Å². The third kappa shape index (κ3) is 4.42. The van der Waals surface area contributed by atoms with Gasteiger partial charge in [-0.15, -0.1) is 0 Å². The molecule has 0 heterocycles. The highest BCUT2D eigenvalue weighted by Crippen LogP contribution is 2.31. The number of halogens is 1. The molecule has 0 amide bonds. The van der Waals surface area contributed by atoms with E-state index in [9.17, 15) is 4.39 Å². The topological polar surface area (TPSA) is 35.5 Å². The molecule has 0 radical (unpaired) electrons. The second-order valence-electron chi connectivity index (χ2n) is 5.82. The number of anilines is 1. The number of nitrogens with zero attached hydrogens (tertiary/aromatic N) is 1. The molecule has 0 saturated heterocycles. The van der Waals surface area contributed by atoms with E-state index in [4.69, 9.17) is 5.11 Å². The van der Waals surface area contributed by atoms with Crippen LogP contribution in [0.1, 0.15) is 44.6 Å². The summed E-state index contributed by atoms with van der Waals surface area (Å²) in [7, 11) is 0. The van der Waals surface area contributed by atoms with Gasteiger partial charge in [-0.25, -0.2) is 4.39 Å². The number of aliphatic hydroxyl groups is 1. The van der Waals surface area contributed by atoms with E-state index in [0.717, 1.165) is 37.9 Å². The third-order valence-electron chi connectivity index (χ3n) is 4.15. The van der Waals surface area contributed by atoms with Gasteiger partial charge in [0.05, 0.1) is 5.69 Å². The van der Waals surface area contributed by atoms with Crippen molar-refractivity contribution in [3.8, 4) is 0 Å². The highest BCUT2D eigenvalue weighted by Gasteiger charge is 2.26. The molecule has 0 unspecified atom stereocenters. The van der Waals surface area contributed by atoms with Gasteiger partial charge >= 0.3 is 0 Å². The first-order valence-electron chi connectivity index (χ1n) is 8.13. The van der Waals surface area contributed by atoms with Crippen LogP contribution in [0.15, 0.2) is 18.2 Å². The minimum atomic E-state index is -0.143. The fourth-order valence-electron chi connectivity index (χ4n) is 2.74. The van der Waals surface area contributed by atoms with Crippen LogP contribution in [0.3, 0.4) is 0 Å². The lowest BCUT2D eigenvalue weighted by atomic mass is 9.90. The normalized spacial score (nSPS) is 15.0. The number of hydrogen-bond acceptors (Lipinski definition) is 3. The summed E-state index contributed by atoms with van der Waals surface area (Å²) in [5.74, 6) is -0.143. The van der Waals surface area contributed by atoms with Gasteiger partial charge < -0.3 is 15.3 Å². The van der Waals surface area contributed by atoms with Crippen LogP contribution in [0, 0.1) is 5.82 Å². The lowest BCUT2D eigenvalue weighted by Gasteiger charge is -2.39. The van der Waals surface area contributed by atoms with Crippen molar-refractivity contribution in [3.63, 3.8) is 0 Å². The summed E-state index contributed by atoms with van der Waals surface area (Å²) in [4.78, 5) is 2.14. The molecule has 1 aliphatic rings. The summed E-state index contributed by atoms with van der Waals surface area (Å²) < 4.78 is 14.4. The highest BCUT2D eigenvalue weighted by atomic mass is 19.1. The first kappa shape index (κ1) is 16.2. The molecule has 0 aliphatic heterocycles. The number of nitrogens with one attached hydrogen (secondary N) is 1. The Hall–Kier alpha value is -1.13. The molecule has 1 fully saturated rings. The summed E-state index contributed by atoms with van der Waals surface area (Å²) >= 11 is 0. The zero-order chi connectivity index (χ0) is 15.1. The van der Waals surface area contributed by atoms with Crippen LogP contribution in [-0.2, 0) is 6.54 Å². The second-order valence-corrected chi connectivity index (χ2v) is 5.82. The molecule has 21 heavy (non-hydrogen) atoms. The molecule has 0 atom stereocenters. The van der Waals surface area contributed by atoms with E-state index in [0.29, 0.717) is 24.7 Å². The van der Waals surface area contributed by atoms with E-state index >= 15 is 0 Å². The number of aliphatic hydroxyl groups excluding tert-OH is 1. The Bertz CT molecular complexity index is 435. The fourth-order valence-corrected chi connectivity index (χ4v) is 2.74. The van der Waals surface area contributed by atoms with Crippen molar-refractivity contribution in [3.05, 3.63) is 29.6 Å². The van der Waals surface area contributed by atoms with Crippen molar-refractivity contribution in [1.82, 2.24) is 5.32 Å². The molecule has 1 aliphatic carbocycles. The van der Waals surface area contributed by atoms with Crippen molar-refractivity contribution in [1.29, 1.82) is 0 Å². The standard InChI is InChI=1S/C17H27FN2O/c1-2-9-19-13-14-7-8-17(16(18)12-14)20(10-4-11-21)15-5-3-6-15/h7-8,12,15,19,21H,2-6,9-11,13H2,1H3. The van der Waals surface area contributed by atoms with Crippen molar-refractivity contribution < 1.29 is 9.50 Å². The van der Waals surface area contributed by atoms with Crippen molar-refractivity contribution in [2.45, 2.75) is 51.6 Å². The lowest BCUT2D eigenvalue weighted by molar-refractivity contribution is 0.282. The third-order valence-corrected chi connectivity index (χ3v) is 4.15. The summed E-state index contributed by atoms with van der Waals surface area (Å²) in [6.45, 7) is 4.67. The average molecular weight is 294 g/mol. The minimum Gasteiger partial charge on any atom is -0.396 e. The van der Waals surface area contributed by atoms with E-state index in [2.05, 4.69) is 17.1 Å². The maximum atomic E-state index is 14.4. The van der Waals surface area contributed by atoms with E-state index in [-0.39, 0.29) is 12.4 Å². The van der Waals surface area contributed by atoms with E-state index in [1.54, 1.807) is 6.07 Å². The molecule has 4 heteroatoms. The van der Waals surface area contributed by atoms with Crippen LogP contribution in [0.4, 0.5) is 10.1 Å². The fraction of sp³-hybridized carbons (Fsp3) is 0.647. The van der Waals surface area contributed by atoms with Gasteiger partial charge in [0, 0.05) is 25.7 Å². The molecule has 2 rings (SSSR count). The van der Waals surface area contributed by atoms with Crippen LogP contribution in [0.5, 0.6) is 0 Å². The monoisotopic (exact) mass is 294 g/mol. The van der Waals surface area contributed by atoms with Crippen LogP contribution in [-0.4, -0.2) is 30.8 Å². The van der Waals surface area contributed by atoms with Crippen LogP contribution < -0.4 is 10.2 Å². The largest absolute Gasteiger partial charge is 0.396 e. The molecule has 1 aromatic carbocycles. The first-order valence-corrected chi connectivity index (χ1v) is 8.13. The molecule has 1 saturated carbocycles. The Morgan fingerprint density at radius 3 is 2.76 bits per heavy atom. The predicted molar refractivity (Wildman–Crippen MR) is 85.1 cm³/mol. The van der Waals surface area contributed by atoms with E-state index < -0.39 is 0 Å². The smallest absolute Gasteiger partial charge is 0.146 e. The molecule has 0 bridgehead atoms. The molecular formula is C17H27FN2O. The first-order chi connectivity index (χ1) is 10.3. The molecule has 0 spiro atoms. The zero-order valence-corrected chi connectivity index (χ0v) is 12.9. The Labute approximate surface area is 127 Å². The SMILES string of the molecule is CCCNCc1ccc(N(CCCO)C2CCC2)c(F)c1. The predicted octanol–water partition coefficient (Wildman–Crippen LogP) is 3.07. The van der Waals surface area contributed by atoms with Crippen molar-refractivity contribution in [2.24, 2.45) is 0 Å². The Morgan fingerprint density at radius 1 is 1.38 bits per heavy atom. The Morgan fingerprint density at radius 2 is 2.19 bits per heavy atom. The van der Waals surface area contributed by atoms with Gasteiger partial charge in [-0.1, -0.05) is 13.0 Å².